The number of hydrogen-bond acceptors (Lipinski definition) is 3. The molecule has 0 amide bonds. The summed E-state index contributed by atoms with van der Waals surface area (Å²) >= 11 is 0. The molecule has 2 N–H and O–H groups in total. The van der Waals surface area contributed by atoms with E-state index in [-0.39, 0.29) is 12.4 Å². The van der Waals surface area contributed by atoms with Crippen LogP contribution in [-0.4, -0.2) is 30.9 Å². The van der Waals surface area contributed by atoms with Crippen molar-refractivity contribution in [2.75, 3.05) is 19.7 Å². The van der Waals surface area contributed by atoms with Crippen LogP contribution in [0.3, 0.4) is 0 Å². The van der Waals surface area contributed by atoms with Gasteiger partial charge in [-0.25, -0.2) is 0 Å². The molecule has 0 aromatic heterocycles. The number of aliphatic hydroxyl groups excluding tert-OH is 1. The molecule has 0 spiro atoms. The minimum atomic E-state index is -0.505. The van der Waals surface area contributed by atoms with E-state index in [1.807, 2.05) is 32.0 Å². The molecule has 1 aromatic rings. The van der Waals surface area contributed by atoms with Gasteiger partial charge in [-0.2, -0.15) is 0 Å². The third kappa shape index (κ3) is 5.54. The quantitative estimate of drug-likeness (QED) is 0.590. The fraction of sp³-hybridized carbons (Fsp3) is 0.429. The summed E-state index contributed by atoms with van der Waals surface area (Å²) in [5, 5.41) is 12.7. The van der Waals surface area contributed by atoms with Crippen molar-refractivity contribution in [2.24, 2.45) is 0 Å². The highest BCUT2D eigenvalue weighted by molar-refractivity contribution is 5.85. The molecule has 3 nitrogen and oxygen atoms in total. The van der Waals surface area contributed by atoms with E-state index in [0.717, 1.165) is 11.3 Å². The Bertz CT molecular complexity index is 369. The third-order valence-corrected chi connectivity index (χ3v) is 2.65. The minimum absolute atomic E-state index is 0. The molecule has 0 radical (unpaired) electrons. The molecule has 0 saturated heterocycles. The van der Waals surface area contributed by atoms with E-state index in [0.29, 0.717) is 19.7 Å². The molecule has 1 unspecified atom stereocenters. The van der Waals surface area contributed by atoms with Crippen molar-refractivity contribution < 1.29 is 9.84 Å². The van der Waals surface area contributed by atoms with Crippen molar-refractivity contribution in [3.8, 4) is 5.75 Å². The van der Waals surface area contributed by atoms with E-state index < -0.39 is 6.10 Å². The zero-order valence-electron chi connectivity index (χ0n) is 11.0. The zero-order chi connectivity index (χ0) is 12.7. The van der Waals surface area contributed by atoms with Gasteiger partial charge in [0.15, 0.2) is 0 Å². The highest BCUT2D eigenvalue weighted by atomic mass is 35.5. The van der Waals surface area contributed by atoms with Crippen LogP contribution in [0.5, 0.6) is 5.75 Å². The maximum absolute atomic E-state index is 9.68. The summed E-state index contributed by atoms with van der Waals surface area (Å²) in [6.45, 7) is 9.17. The van der Waals surface area contributed by atoms with Crippen LogP contribution in [0.25, 0.3) is 0 Å². The highest BCUT2D eigenvalue weighted by Gasteiger charge is 2.06. The molecule has 1 rings (SSSR count). The van der Waals surface area contributed by atoms with Gasteiger partial charge in [-0.15, -0.1) is 19.0 Å². The average molecular weight is 272 g/mol. The lowest BCUT2D eigenvalue weighted by Gasteiger charge is -2.14. The molecular weight excluding hydrogens is 250 g/mol. The first-order valence-corrected chi connectivity index (χ1v) is 5.84. The van der Waals surface area contributed by atoms with Crippen molar-refractivity contribution in [1.82, 2.24) is 5.32 Å². The largest absolute Gasteiger partial charge is 0.491 e. The van der Waals surface area contributed by atoms with Crippen LogP contribution in [0.2, 0.25) is 0 Å². The molecule has 0 aliphatic heterocycles. The Hall–Kier alpha value is -1.03. The fourth-order valence-electron chi connectivity index (χ4n) is 1.48. The third-order valence-electron chi connectivity index (χ3n) is 2.65. The number of aryl methyl sites for hydroxylation is 1. The van der Waals surface area contributed by atoms with Crippen molar-refractivity contribution in [3.63, 3.8) is 0 Å². The Morgan fingerprint density at radius 3 is 2.83 bits per heavy atom. The first-order chi connectivity index (χ1) is 8.15. The van der Waals surface area contributed by atoms with Crippen LogP contribution < -0.4 is 10.1 Å². The van der Waals surface area contributed by atoms with Crippen LogP contribution in [-0.2, 0) is 0 Å². The number of benzene rings is 1. The topological polar surface area (TPSA) is 41.5 Å². The van der Waals surface area contributed by atoms with E-state index in [2.05, 4.69) is 11.9 Å². The summed E-state index contributed by atoms with van der Waals surface area (Å²) in [6, 6.07) is 5.93. The molecule has 0 aliphatic rings. The van der Waals surface area contributed by atoms with Gasteiger partial charge in [0.1, 0.15) is 18.5 Å². The van der Waals surface area contributed by atoms with Gasteiger partial charge in [-0.05, 0) is 31.0 Å². The molecule has 18 heavy (non-hydrogen) atoms. The first kappa shape index (κ1) is 17.0. The maximum Gasteiger partial charge on any atom is 0.122 e. The summed E-state index contributed by atoms with van der Waals surface area (Å²) in [5.41, 5.74) is 2.32. The monoisotopic (exact) mass is 271 g/mol. The van der Waals surface area contributed by atoms with E-state index in [9.17, 15) is 5.11 Å². The molecule has 4 heteroatoms. The molecule has 0 aliphatic carbocycles. The number of nitrogens with one attached hydrogen (secondary N) is 1. The van der Waals surface area contributed by atoms with Gasteiger partial charge in [0.05, 0.1) is 0 Å². The number of hydrogen-bond donors (Lipinski definition) is 2. The lowest BCUT2D eigenvalue weighted by Crippen LogP contribution is -2.31. The smallest absolute Gasteiger partial charge is 0.122 e. The van der Waals surface area contributed by atoms with Crippen molar-refractivity contribution in [2.45, 2.75) is 20.0 Å². The van der Waals surface area contributed by atoms with E-state index >= 15 is 0 Å². The van der Waals surface area contributed by atoms with Gasteiger partial charge in [0.2, 0.25) is 0 Å². The summed E-state index contributed by atoms with van der Waals surface area (Å²) in [7, 11) is 0. The van der Waals surface area contributed by atoms with E-state index in [1.165, 1.54) is 5.56 Å². The standard InChI is InChI=1S/C14H21NO2.ClH/c1-4-8-15-9-13(16)10-17-14-7-5-6-11(2)12(14)3;/h4-7,13,15-16H,1,8-10H2,2-3H3;1H. The van der Waals surface area contributed by atoms with Crippen LogP contribution in [0.1, 0.15) is 11.1 Å². The van der Waals surface area contributed by atoms with Crippen molar-refractivity contribution in [1.29, 1.82) is 0 Å². The van der Waals surface area contributed by atoms with Crippen LogP contribution >= 0.6 is 12.4 Å². The molecule has 1 aromatic carbocycles. The van der Waals surface area contributed by atoms with Gasteiger partial charge in [-0.3, -0.25) is 0 Å². The molecule has 0 saturated carbocycles. The number of halogens is 1. The van der Waals surface area contributed by atoms with Crippen molar-refractivity contribution >= 4 is 12.4 Å². The first-order valence-electron chi connectivity index (χ1n) is 5.84. The number of aliphatic hydroxyl groups is 1. The predicted octanol–water partition coefficient (Wildman–Crippen LogP) is 2.24. The van der Waals surface area contributed by atoms with Gasteiger partial charge in [0.25, 0.3) is 0 Å². The SMILES string of the molecule is C=CCNCC(O)COc1cccc(C)c1C.Cl. The Balaban J connectivity index is 0.00000289. The maximum atomic E-state index is 9.68. The fourth-order valence-corrected chi connectivity index (χ4v) is 1.48. The van der Waals surface area contributed by atoms with Crippen molar-refractivity contribution in [3.05, 3.63) is 42.0 Å². The van der Waals surface area contributed by atoms with Crippen LogP contribution in [0.15, 0.2) is 30.9 Å². The van der Waals surface area contributed by atoms with Gasteiger partial charge in [-0.1, -0.05) is 18.2 Å². The second-order valence-corrected chi connectivity index (χ2v) is 4.11. The second kappa shape index (κ2) is 8.97. The summed E-state index contributed by atoms with van der Waals surface area (Å²) in [4.78, 5) is 0. The Morgan fingerprint density at radius 1 is 1.44 bits per heavy atom. The van der Waals surface area contributed by atoms with Gasteiger partial charge < -0.3 is 15.2 Å². The molecular formula is C14H22ClNO2. The minimum Gasteiger partial charge on any atom is -0.491 e. The molecule has 1 atom stereocenters. The van der Waals surface area contributed by atoms with Crippen LogP contribution in [0, 0.1) is 13.8 Å². The Kier molecular flexibility index (Phi) is 8.46. The molecule has 102 valence electrons. The summed E-state index contributed by atoms with van der Waals surface area (Å²) in [6.07, 6.45) is 1.26. The highest BCUT2D eigenvalue weighted by Crippen LogP contribution is 2.20. The molecule has 0 fully saturated rings. The lowest BCUT2D eigenvalue weighted by molar-refractivity contribution is 0.107. The summed E-state index contributed by atoms with van der Waals surface area (Å²) in [5.74, 6) is 0.841. The van der Waals surface area contributed by atoms with Gasteiger partial charge >= 0.3 is 0 Å². The number of ether oxygens (including phenoxy) is 1. The predicted molar refractivity (Wildman–Crippen MR) is 77.7 cm³/mol. The Labute approximate surface area is 115 Å². The van der Waals surface area contributed by atoms with Crippen LogP contribution in [0.4, 0.5) is 0 Å². The van der Waals surface area contributed by atoms with E-state index in [1.54, 1.807) is 6.08 Å². The Morgan fingerprint density at radius 2 is 2.17 bits per heavy atom. The normalized spacial score (nSPS) is 11.5. The lowest BCUT2D eigenvalue weighted by atomic mass is 10.1. The van der Waals surface area contributed by atoms with E-state index in [4.69, 9.17) is 4.74 Å². The molecule has 0 bridgehead atoms. The molecule has 0 heterocycles. The zero-order valence-corrected chi connectivity index (χ0v) is 11.8. The second-order valence-electron chi connectivity index (χ2n) is 4.11. The average Bonchev–Trinajstić information content (AvgIpc) is 2.31. The summed E-state index contributed by atoms with van der Waals surface area (Å²) < 4.78 is 5.59. The number of rotatable bonds is 7. The van der Waals surface area contributed by atoms with Gasteiger partial charge in [0, 0.05) is 13.1 Å².